The number of pyridine rings is 1. The molecule has 2 aromatic carbocycles. The van der Waals surface area contributed by atoms with E-state index in [1.807, 2.05) is 61.5 Å². The second-order valence-electron chi connectivity index (χ2n) is 7.29. The SMILES string of the molecule is CCOC(Cc1ccc(OCCO/N=C(/C)c2ccc(-c3ccccc3)nc2)cc1)C(=O)O. The summed E-state index contributed by atoms with van der Waals surface area (Å²) in [5.74, 6) is -0.292. The number of hydrogen-bond acceptors (Lipinski definition) is 6. The summed E-state index contributed by atoms with van der Waals surface area (Å²) in [4.78, 5) is 21.1. The molecule has 0 bridgehead atoms. The molecule has 1 atom stereocenters. The van der Waals surface area contributed by atoms with Crippen LogP contribution in [-0.4, -0.2) is 47.7 Å². The number of ether oxygens (including phenoxy) is 2. The average Bonchev–Trinajstić information content (AvgIpc) is 2.85. The van der Waals surface area contributed by atoms with Gasteiger partial charge in [-0.3, -0.25) is 4.98 Å². The van der Waals surface area contributed by atoms with Gasteiger partial charge in [0.05, 0.1) is 11.4 Å². The first kappa shape index (κ1) is 23.9. The van der Waals surface area contributed by atoms with E-state index in [4.69, 9.17) is 14.3 Å². The molecule has 1 heterocycles. The molecule has 172 valence electrons. The van der Waals surface area contributed by atoms with E-state index in [1.165, 1.54) is 0 Å². The second-order valence-corrected chi connectivity index (χ2v) is 7.29. The summed E-state index contributed by atoms with van der Waals surface area (Å²) in [7, 11) is 0. The van der Waals surface area contributed by atoms with Gasteiger partial charge in [0.1, 0.15) is 12.4 Å². The van der Waals surface area contributed by atoms with Gasteiger partial charge in [-0.1, -0.05) is 47.6 Å². The van der Waals surface area contributed by atoms with Gasteiger partial charge in [-0.2, -0.15) is 0 Å². The van der Waals surface area contributed by atoms with Crippen molar-refractivity contribution in [3.63, 3.8) is 0 Å². The third kappa shape index (κ3) is 7.43. The predicted octanol–water partition coefficient (Wildman–Crippen LogP) is 4.60. The van der Waals surface area contributed by atoms with E-state index in [2.05, 4.69) is 10.1 Å². The highest BCUT2D eigenvalue weighted by Crippen LogP contribution is 2.17. The van der Waals surface area contributed by atoms with Crippen LogP contribution in [0, 0.1) is 0 Å². The van der Waals surface area contributed by atoms with Gasteiger partial charge < -0.3 is 19.4 Å². The topological polar surface area (TPSA) is 90.2 Å². The van der Waals surface area contributed by atoms with E-state index in [1.54, 1.807) is 25.3 Å². The molecule has 3 rings (SSSR count). The molecule has 0 aliphatic rings. The van der Waals surface area contributed by atoms with Crippen LogP contribution in [-0.2, 0) is 20.8 Å². The van der Waals surface area contributed by atoms with Crippen molar-refractivity contribution in [2.75, 3.05) is 19.8 Å². The first-order valence-electron chi connectivity index (χ1n) is 10.8. The molecular formula is C26H28N2O5. The molecule has 0 saturated carbocycles. The van der Waals surface area contributed by atoms with Gasteiger partial charge in [-0.15, -0.1) is 0 Å². The Hall–Kier alpha value is -3.71. The normalized spacial score (nSPS) is 12.2. The lowest BCUT2D eigenvalue weighted by Crippen LogP contribution is -2.26. The molecule has 1 unspecified atom stereocenters. The summed E-state index contributed by atoms with van der Waals surface area (Å²) >= 11 is 0. The number of carboxylic acid groups (broad SMARTS) is 1. The Labute approximate surface area is 193 Å². The quantitative estimate of drug-likeness (QED) is 0.247. The maximum absolute atomic E-state index is 11.2. The minimum Gasteiger partial charge on any atom is -0.490 e. The maximum Gasteiger partial charge on any atom is 0.333 e. The number of nitrogens with zero attached hydrogens (tertiary/aromatic N) is 2. The molecule has 0 aliphatic heterocycles. The summed E-state index contributed by atoms with van der Waals surface area (Å²) in [6.45, 7) is 4.62. The van der Waals surface area contributed by atoms with Gasteiger partial charge in [0, 0.05) is 30.4 Å². The lowest BCUT2D eigenvalue weighted by atomic mass is 10.1. The summed E-state index contributed by atoms with van der Waals surface area (Å²) in [6.07, 6.45) is 1.24. The molecule has 0 amide bonds. The van der Waals surface area contributed by atoms with Crippen LogP contribution < -0.4 is 4.74 Å². The zero-order valence-corrected chi connectivity index (χ0v) is 18.8. The first-order chi connectivity index (χ1) is 16.1. The molecule has 0 aliphatic carbocycles. The Morgan fingerprint density at radius 1 is 1.03 bits per heavy atom. The van der Waals surface area contributed by atoms with Crippen LogP contribution in [0.4, 0.5) is 0 Å². The van der Waals surface area contributed by atoms with Crippen LogP contribution in [0.2, 0.25) is 0 Å². The second kappa shape index (κ2) is 12.4. The molecule has 1 aromatic heterocycles. The predicted molar refractivity (Wildman–Crippen MR) is 127 cm³/mol. The van der Waals surface area contributed by atoms with Crippen molar-refractivity contribution in [2.24, 2.45) is 5.16 Å². The zero-order chi connectivity index (χ0) is 23.5. The number of aliphatic carboxylic acids is 1. The van der Waals surface area contributed by atoms with E-state index >= 15 is 0 Å². The van der Waals surface area contributed by atoms with Gasteiger partial charge >= 0.3 is 5.97 Å². The number of rotatable bonds is 12. The van der Waals surface area contributed by atoms with Gasteiger partial charge in [0.25, 0.3) is 0 Å². The summed E-state index contributed by atoms with van der Waals surface area (Å²) in [6, 6.07) is 21.2. The van der Waals surface area contributed by atoms with Gasteiger partial charge in [0.2, 0.25) is 0 Å². The molecule has 7 nitrogen and oxygen atoms in total. The molecular weight excluding hydrogens is 420 g/mol. The molecule has 0 fully saturated rings. The minimum absolute atomic E-state index is 0.292. The van der Waals surface area contributed by atoms with Crippen molar-refractivity contribution in [3.8, 4) is 17.0 Å². The fraction of sp³-hybridized carbons (Fsp3) is 0.269. The van der Waals surface area contributed by atoms with E-state index in [0.717, 1.165) is 28.1 Å². The van der Waals surface area contributed by atoms with Crippen molar-refractivity contribution in [3.05, 3.63) is 84.1 Å². The highest BCUT2D eigenvalue weighted by molar-refractivity contribution is 5.98. The minimum atomic E-state index is -0.965. The van der Waals surface area contributed by atoms with Crippen molar-refractivity contribution < 1.29 is 24.2 Å². The number of carbonyl (C=O) groups is 1. The zero-order valence-electron chi connectivity index (χ0n) is 18.8. The van der Waals surface area contributed by atoms with E-state index < -0.39 is 12.1 Å². The Balaban J connectivity index is 1.42. The molecule has 0 saturated heterocycles. The van der Waals surface area contributed by atoms with E-state index in [9.17, 15) is 9.90 Å². The smallest absolute Gasteiger partial charge is 0.333 e. The number of oxime groups is 1. The van der Waals surface area contributed by atoms with Crippen molar-refractivity contribution in [1.29, 1.82) is 0 Å². The van der Waals surface area contributed by atoms with Crippen molar-refractivity contribution in [2.45, 2.75) is 26.4 Å². The van der Waals surface area contributed by atoms with Crippen molar-refractivity contribution >= 4 is 11.7 Å². The number of carboxylic acids is 1. The molecule has 0 spiro atoms. The van der Waals surface area contributed by atoms with Crippen LogP contribution in [0.5, 0.6) is 5.75 Å². The summed E-state index contributed by atoms with van der Waals surface area (Å²) < 4.78 is 10.9. The summed E-state index contributed by atoms with van der Waals surface area (Å²) in [5.41, 5.74) is 4.46. The van der Waals surface area contributed by atoms with Crippen LogP contribution >= 0.6 is 0 Å². The Kier molecular flexibility index (Phi) is 8.97. The standard InChI is InChI=1S/C26H28N2O5/c1-3-31-25(26(29)30)17-20-9-12-23(13-10-20)32-15-16-33-28-19(2)22-11-14-24(27-18-22)21-7-5-4-6-8-21/h4-14,18,25H,3,15-17H2,1-2H3,(H,29,30)/b28-19-. The highest BCUT2D eigenvalue weighted by atomic mass is 16.6. The molecule has 0 radical (unpaired) electrons. The largest absolute Gasteiger partial charge is 0.490 e. The lowest BCUT2D eigenvalue weighted by Gasteiger charge is -2.12. The molecule has 7 heteroatoms. The monoisotopic (exact) mass is 448 g/mol. The average molecular weight is 449 g/mol. The Bertz CT molecular complexity index is 1030. The van der Waals surface area contributed by atoms with Crippen LogP contribution in [0.25, 0.3) is 11.3 Å². The first-order valence-corrected chi connectivity index (χ1v) is 10.8. The van der Waals surface area contributed by atoms with E-state index in [-0.39, 0.29) is 0 Å². The lowest BCUT2D eigenvalue weighted by molar-refractivity contribution is -0.149. The van der Waals surface area contributed by atoms with Crippen LogP contribution in [0.3, 0.4) is 0 Å². The van der Waals surface area contributed by atoms with Gasteiger partial charge in [0.15, 0.2) is 12.7 Å². The molecule has 33 heavy (non-hydrogen) atoms. The molecule has 3 aromatic rings. The van der Waals surface area contributed by atoms with E-state index in [0.29, 0.717) is 32.0 Å². The van der Waals surface area contributed by atoms with Crippen molar-refractivity contribution in [1.82, 2.24) is 4.98 Å². The third-order valence-electron chi connectivity index (χ3n) is 4.88. The number of benzene rings is 2. The third-order valence-corrected chi connectivity index (χ3v) is 4.88. The maximum atomic E-state index is 11.2. The fourth-order valence-corrected chi connectivity index (χ4v) is 3.13. The highest BCUT2D eigenvalue weighted by Gasteiger charge is 2.17. The Morgan fingerprint density at radius 3 is 2.42 bits per heavy atom. The van der Waals surface area contributed by atoms with Gasteiger partial charge in [-0.25, -0.2) is 4.79 Å². The number of hydrogen-bond donors (Lipinski definition) is 1. The Morgan fingerprint density at radius 2 is 1.79 bits per heavy atom. The fourth-order valence-electron chi connectivity index (χ4n) is 3.13. The van der Waals surface area contributed by atoms with Crippen LogP contribution in [0.15, 0.2) is 78.1 Å². The number of aromatic nitrogens is 1. The van der Waals surface area contributed by atoms with Gasteiger partial charge in [-0.05, 0) is 43.7 Å². The molecule has 1 N–H and O–H groups in total. The summed E-state index contributed by atoms with van der Waals surface area (Å²) in [5, 5.41) is 13.3. The van der Waals surface area contributed by atoms with Crippen LogP contribution in [0.1, 0.15) is 25.0 Å².